The predicted octanol–water partition coefficient (Wildman–Crippen LogP) is 3.76. The van der Waals surface area contributed by atoms with Crippen LogP contribution in [0.3, 0.4) is 0 Å². The number of amides is 1. The number of benzene rings is 2. The van der Waals surface area contributed by atoms with Crippen molar-refractivity contribution in [2.75, 3.05) is 14.2 Å². The Balaban J connectivity index is 2.61. The maximum Gasteiger partial charge on any atom is 0.376 e. The summed E-state index contributed by atoms with van der Waals surface area (Å²) < 4.78 is 22.6. The lowest BCUT2D eigenvalue weighted by Crippen LogP contribution is -2.20. The molecule has 0 aliphatic heterocycles. The largest absolute Gasteiger partial charge is 0.376 e. The van der Waals surface area contributed by atoms with Crippen LogP contribution in [0, 0.1) is 0 Å². The van der Waals surface area contributed by atoms with E-state index in [1.165, 1.54) is 21.1 Å². The molecule has 1 N–H and O–H groups in total. The van der Waals surface area contributed by atoms with Crippen molar-refractivity contribution in [3.63, 3.8) is 0 Å². The lowest BCUT2D eigenvalue weighted by Gasteiger charge is -2.17. The molecule has 0 radical (unpaired) electrons. The summed E-state index contributed by atoms with van der Waals surface area (Å²) in [6, 6.07) is 13.6. The number of hydrogen-bond donors (Lipinski definition) is 1. The molecule has 2 aromatic carbocycles. The van der Waals surface area contributed by atoms with Crippen molar-refractivity contribution in [2.24, 2.45) is 0 Å². The highest BCUT2D eigenvalue weighted by atomic mass is 31.2. The van der Waals surface area contributed by atoms with Crippen LogP contribution in [-0.4, -0.2) is 20.1 Å². The number of nitrogens with one attached hydrogen (secondary N) is 1. The molecular weight excluding hydrogens is 301 g/mol. The Morgan fingerprint density at radius 3 is 2.36 bits per heavy atom. The molecular formula is C16H18NO4P. The molecule has 0 aliphatic rings. The Bertz CT molecular complexity index is 756. The molecule has 0 aromatic heterocycles. The number of carbonyl (C=O) groups excluding carboxylic acids is 1. The quantitative estimate of drug-likeness (QED) is 0.852. The van der Waals surface area contributed by atoms with Gasteiger partial charge in [-0.25, -0.2) is 0 Å². The Labute approximate surface area is 129 Å². The normalized spacial score (nSPS) is 12.4. The second-order valence-corrected chi connectivity index (χ2v) is 6.85. The maximum absolute atomic E-state index is 12.6. The highest BCUT2D eigenvalue weighted by Gasteiger charge is 2.28. The molecule has 0 saturated carbocycles. The van der Waals surface area contributed by atoms with E-state index in [2.05, 4.69) is 5.32 Å². The molecule has 0 fully saturated rings. The minimum absolute atomic E-state index is 0.112. The Kier molecular flexibility index (Phi) is 5.14. The highest BCUT2D eigenvalue weighted by molar-refractivity contribution is 7.58. The SMILES string of the molecule is COP(=O)(OC)/C(=C/c1cccc2ccccc12)NC(C)=O. The molecule has 0 unspecified atom stereocenters. The summed E-state index contributed by atoms with van der Waals surface area (Å²) in [6.07, 6.45) is 1.62. The molecule has 5 nitrogen and oxygen atoms in total. The topological polar surface area (TPSA) is 64.6 Å². The zero-order chi connectivity index (χ0) is 16.2. The van der Waals surface area contributed by atoms with Crippen molar-refractivity contribution in [1.29, 1.82) is 0 Å². The molecule has 6 heteroatoms. The second kappa shape index (κ2) is 6.88. The van der Waals surface area contributed by atoms with Gasteiger partial charge in [0.2, 0.25) is 5.91 Å². The lowest BCUT2D eigenvalue weighted by atomic mass is 10.0. The molecule has 2 rings (SSSR count). The Morgan fingerprint density at radius 1 is 1.09 bits per heavy atom. The van der Waals surface area contributed by atoms with Crippen LogP contribution in [0.5, 0.6) is 0 Å². The van der Waals surface area contributed by atoms with Gasteiger partial charge in [0.15, 0.2) is 0 Å². The van der Waals surface area contributed by atoms with Crippen molar-refractivity contribution in [3.05, 3.63) is 53.5 Å². The first kappa shape index (κ1) is 16.4. The molecule has 0 bridgehead atoms. The van der Waals surface area contributed by atoms with Crippen molar-refractivity contribution < 1.29 is 18.4 Å². The molecule has 0 aliphatic carbocycles. The summed E-state index contributed by atoms with van der Waals surface area (Å²) in [7, 11) is -0.998. The smallest absolute Gasteiger partial charge is 0.320 e. The van der Waals surface area contributed by atoms with Crippen molar-refractivity contribution in [1.82, 2.24) is 5.32 Å². The van der Waals surface area contributed by atoms with Gasteiger partial charge in [-0.1, -0.05) is 42.5 Å². The van der Waals surface area contributed by atoms with E-state index in [-0.39, 0.29) is 11.3 Å². The Hall–Kier alpha value is -1.94. The average molecular weight is 319 g/mol. The number of hydrogen-bond acceptors (Lipinski definition) is 4. The van der Waals surface area contributed by atoms with E-state index in [1.807, 2.05) is 42.5 Å². The first-order valence-electron chi connectivity index (χ1n) is 6.69. The van der Waals surface area contributed by atoms with Gasteiger partial charge in [-0.2, -0.15) is 0 Å². The minimum atomic E-state index is -3.56. The first-order valence-corrected chi connectivity index (χ1v) is 8.23. The van der Waals surface area contributed by atoms with Gasteiger partial charge in [0.25, 0.3) is 0 Å². The van der Waals surface area contributed by atoms with E-state index in [0.29, 0.717) is 0 Å². The summed E-state index contributed by atoms with van der Waals surface area (Å²) >= 11 is 0. The number of fused-ring (bicyclic) bond motifs is 1. The van der Waals surface area contributed by atoms with Gasteiger partial charge >= 0.3 is 7.60 Å². The van der Waals surface area contributed by atoms with E-state index in [0.717, 1.165) is 16.3 Å². The number of rotatable bonds is 5. The van der Waals surface area contributed by atoms with Crippen LogP contribution in [0.25, 0.3) is 16.8 Å². The lowest BCUT2D eigenvalue weighted by molar-refractivity contribution is -0.118. The van der Waals surface area contributed by atoms with Gasteiger partial charge < -0.3 is 14.4 Å². The minimum Gasteiger partial charge on any atom is -0.320 e. The summed E-state index contributed by atoms with van der Waals surface area (Å²) in [4.78, 5) is 11.4. The van der Waals surface area contributed by atoms with Gasteiger partial charge in [0.1, 0.15) is 5.44 Å². The molecule has 0 heterocycles. The fourth-order valence-electron chi connectivity index (χ4n) is 2.16. The summed E-state index contributed by atoms with van der Waals surface area (Å²) in [5.74, 6) is -0.346. The summed E-state index contributed by atoms with van der Waals surface area (Å²) in [6.45, 7) is 1.34. The molecule has 116 valence electrons. The van der Waals surface area contributed by atoms with Crippen molar-refractivity contribution >= 4 is 30.4 Å². The third-order valence-corrected chi connectivity index (χ3v) is 4.99. The van der Waals surface area contributed by atoms with Gasteiger partial charge in [-0.3, -0.25) is 9.36 Å². The molecule has 22 heavy (non-hydrogen) atoms. The molecule has 1 amide bonds. The monoisotopic (exact) mass is 319 g/mol. The maximum atomic E-state index is 12.6. The fraction of sp³-hybridized carbons (Fsp3) is 0.188. The van der Waals surface area contributed by atoms with E-state index < -0.39 is 7.60 Å². The average Bonchev–Trinajstić information content (AvgIpc) is 2.53. The van der Waals surface area contributed by atoms with Crippen molar-refractivity contribution in [2.45, 2.75) is 6.92 Å². The standard InChI is InChI=1S/C16H18NO4P/c1-12(18)17-16(22(19,20-2)21-3)11-14-9-6-8-13-7-4-5-10-15(13)14/h4-11H,1-3H3,(H,17,18)/b16-11+. The molecule has 0 spiro atoms. The van der Waals surface area contributed by atoms with Gasteiger partial charge in [-0.15, -0.1) is 0 Å². The summed E-state index contributed by atoms with van der Waals surface area (Å²) in [5.41, 5.74) is 0.928. The molecule has 0 saturated heterocycles. The van der Waals surface area contributed by atoms with E-state index in [4.69, 9.17) is 9.05 Å². The van der Waals surface area contributed by atoms with Crippen LogP contribution >= 0.6 is 7.60 Å². The van der Waals surface area contributed by atoms with E-state index >= 15 is 0 Å². The van der Waals surface area contributed by atoms with Gasteiger partial charge in [0.05, 0.1) is 0 Å². The third-order valence-electron chi connectivity index (χ3n) is 3.20. The zero-order valence-corrected chi connectivity index (χ0v) is 13.6. The predicted molar refractivity (Wildman–Crippen MR) is 87.4 cm³/mol. The van der Waals surface area contributed by atoms with Crippen LogP contribution in [-0.2, 0) is 18.4 Å². The fourth-order valence-corrected chi connectivity index (χ4v) is 3.29. The van der Waals surface area contributed by atoms with Gasteiger partial charge in [0, 0.05) is 21.1 Å². The number of carbonyl (C=O) groups is 1. The molecule has 2 aromatic rings. The van der Waals surface area contributed by atoms with Crippen molar-refractivity contribution in [3.8, 4) is 0 Å². The van der Waals surface area contributed by atoms with Crippen LogP contribution in [0.4, 0.5) is 0 Å². The van der Waals surface area contributed by atoms with Crippen LogP contribution in [0.15, 0.2) is 47.9 Å². The first-order chi connectivity index (χ1) is 10.5. The van der Waals surface area contributed by atoms with E-state index in [1.54, 1.807) is 6.08 Å². The Morgan fingerprint density at radius 2 is 1.73 bits per heavy atom. The second-order valence-electron chi connectivity index (χ2n) is 4.64. The third kappa shape index (κ3) is 3.45. The molecule has 0 atom stereocenters. The van der Waals surface area contributed by atoms with Gasteiger partial charge in [-0.05, 0) is 22.4 Å². The van der Waals surface area contributed by atoms with Crippen LogP contribution < -0.4 is 5.32 Å². The zero-order valence-electron chi connectivity index (χ0n) is 12.7. The highest BCUT2D eigenvalue weighted by Crippen LogP contribution is 2.54. The van der Waals surface area contributed by atoms with Crippen LogP contribution in [0.1, 0.15) is 12.5 Å². The summed E-state index contributed by atoms with van der Waals surface area (Å²) in [5, 5.41) is 4.57. The van der Waals surface area contributed by atoms with Crippen LogP contribution in [0.2, 0.25) is 0 Å². The van der Waals surface area contributed by atoms with E-state index in [9.17, 15) is 9.36 Å².